The van der Waals surface area contributed by atoms with Crippen molar-refractivity contribution in [1.29, 1.82) is 0 Å². The van der Waals surface area contributed by atoms with Crippen molar-refractivity contribution in [3.05, 3.63) is 35.4 Å². The van der Waals surface area contributed by atoms with Crippen molar-refractivity contribution in [2.75, 3.05) is 6.54 Å². The number of benzene rings is 1. The van der Waals surface area contributed by atoms with Gasteiger partial charge in [0.05, 0.1) is 0 Å². The standard InChI is InChI=1S/C11H16N2O3/c12-6-5-7-1-3-8(4-2-7)9(14)10(15)11(13)16/h1-4,9-10,14-15H,5-6,12H2,(H2,13,16). The van der Waals surface area contributed by atoms with E-state index in [1.54, 1.807) is 24.3 Å². The van der Waals surface area contributed by atoms with Gasteiger partial charge in [-0.05, 0) is 24.1 Å². The molecule has 1 aromatic rings. The third-order valence-electron chi connectivity index (χ3n) is 2.34. The zero-order chi connectivity index (χ0) is 12.1. The molecule has 1 amide bonds. The molecule has 88 valence electrons. The third kappa shape index (κ3) is 3.03. The Hall–Kier alpha value is -1.43. The minimum Gasteiger partial charge on any atom is -0.385 e. The number of rotatable bonds is 5. The fraction of sp³-hybridized carbons (Fsp3) is 0.364. The van der Waals surface area contributed by atoms with Gasteiger partial charge in [-0.15, -0.1) is 0 Å². The predicted octanol–water partition coefficient (Wildman–Crippen LogP) is -0.933. The molecule has 0 saturated heterocycles. The molecule has 0 saturated carbocycles. The Kier molecular flexibility index (Phi) is 4.42. The molecule has 2 atom stereocenters. The van der Waals surface area contributed by atoms with Crippen LogP contribution in [0.5, 0.6) is 0 Å². The summed E-state index contributed by atoms with van der Waals surface area (Å²) in [6.45, 7) is 0.547. The van der Waals surface area contributed by atoms with Crippen LogP contribution in [0.15, 0.2) is 24.3 Å². The molecule has 16 heavy (non-hydrogen) atoms. The molecule has 0 aliphatic heterocycles. The van der Waals surface area contributed by atoms with Gasteiger partial charge in [0.25, 0.3) is 0 Å². The van der Waals surface area contributed by atoms with Crippen LogP contribution in [0.1, 0.15) is 17.2 Å². The fourth-order valence-corrected chi connectivity index (χ4v) is 1.39. The molecule has 0 spiro atoms. The quantitative estimate of drug-likeness (QED) is 0.517. The zero-order valence-electron chi connectivity index (χ0n) is 8.84. The maximum absolute atomic E-state index is 10.7. The van der Waals surface area contributed by atoms with Crippen molar-refractivity contribution >= 4 is 5.91 Å². The number of primary amides is 1. The summed E-state index contributed by atoms with van der Waals surface area (Å²) in [5.41, 5.74) is 11.8. The van der Waals surface area contributed by atoms with Crippen LogP contribution in [0, 0.1) is 0 Å². The van der Waals surface area contributed by atoms with Crippen LogP contribution in [0.4, 0.5) is 0 Å². The van der Waals surface area contributed by atoms with E-state index >= 15 is 0 Å². The van der Waals surface area contributed by atoms with Gasteiger partial charge in [-0.1, -0.05) is 24.3 Å². The second-order valence-electron chi connectivity index (χ2n) is 3.57. The molecule has 5 heteroatoms. The molecule has 1 rings (SSSR count). The van der Waals surface area contributed by atoms with Crippen LogP contribution in [0.25, 0.3) is 0 Å². The summed E-state index contributed by atoms with van der Waals surface area (Å²) in [6, 6.07) is 6.86. The van der Waals surface area contributed by atoms with Gasteiger partial charge >= 0.3 is 0 Å². The van der Waals surface area contributed by atoms with Crippen molar-refractivity contribution in [3.8, 4) is 0 Å². The highest BCUT2D eigenvalue weighted by molar-refractivity contribution is 5.79. The van der Waals surface area contributed by atoms with E-state index in [2.05, 4.69) is 0 Å². The van der Waals surface area contributed by atoms with Crippen LogP contribution in [0.3, 0.4) is 0 Å². The minimum absolute atomic E-state index is 0.451. The van der Waals surface area contributed by atoms with Gasteiger partial charge in [-0.2, -0.15) is 0 Å². The zero-order valence-corrected chi connectivity index (χ0v) is 8.84. The Morgan fingerprint density at radius 3 is 2.25 bits per heavy atom. The Balaban J connectivity index is 2.77. The largest absolute Gasteiger partial charge is 0.385 e. The smallest absolute Gasteiger partial charge is 0.249 e. The highest BCUT2D eigenvalue weighted by Gasteiger charge is 2.22. The lowest BCUT2D eigenvalue weighted by Gasteiger charge is -2.15. The first kappa shape index (κ1) is 12.6. The van der Waals surface area contributed by atoms with Crippen molar-refractivity contribution in [3.63, 3.8) is 0 Å². The highest BCUT2D eigenvalue weighted by atomic mass is 16.3. The molecule has 0 radical (unpaired) electrons. The summed E-state index contributed by atoms with van der Waals surface area (Å²) in [4.78, 5) is 10.7. The molecule has 1 aromatic carbocycles. The number of carbonyl (C=O) groups excluding carboxylic acids is 1. The van der Waals surface area contributed by atoms with Gasteiger partial charge in [-0.25, -0.2) is 0 Å². The average molecular weight is 224 g/mol. The molecule has 0 aromatic heterocycles. The number of nitrogens with two attached hydrogens (primary N) is 2. The summed E-state index contributed by atoms with van der Waals surface area (Å²) < 4.78 is 0. The molecule has 6 N–H and O–H groups in total. The van der Waals surface area contributed by atoms with Crippen molar-refractivity contribution in [2.24, 2.45) is 11.5 Å². The molecular weight excluding hydrogens is 208 g/mol. The van der Waals surface area contributed by atoms with E-state index in [9.17, 15) is 15.0 Å². The van der Waals surface area contributed by atoms with Gasteiger partial charge in [0.15, 0.2) is 6.10 Å². The Labute approximate surface area is 93.7 Å². The number of hydrogen-bond donors (Lipinski definition) is 4. The minimum atomic E-state index is -1.58. The predicted molar refractivity (Wildman–Crippen MR) is 59.4 cm³/mol. The Bertz CT molecular complexity index is 351. The van der Waals surface area contributed by atoms with Crippen molar-refractivity contribution in [1.82, 2.24) is 0 Å². The first-order chi connectivity index (χ1) is 7.56. The van der Waals surface area contributed by atoms with E-state index in [0.717, 1.165) is 12.0 Å². The molecule has 0 aliphatic carbocycles. The second-order valence-corrected chi connectivity index (χ2v) is 3.57. The molecule has 0 aliphatic rings. The number of carbonyl (C=O) groups is 1. The van der Waals surface area contributed by atoms with Crippen molar-refractivity contribution < 1.29 is 15.0 Å². The lowest BCUT2D eigenvalue weighted by Crippen LogP contribution is -2.33. The van der Waals surface area contributed by atoms with E-state index in [4.69, 9.17) is 11.5 Å². The topological polar surface area (TPSA) is 110 Å². The highest BCUT2D eigenvalue weighted by Crippen LogP contribution is 2.17. The van der Waals surface area contributed by atoms with E-state index in [0.29, 0.717) is 12.1 Å². The maximum Gasteiger partial charge on any atom is 0.249 e. The van der Waals surface area contributed by atoms with Gasteiger partial charge in [-0.3, -0.25) is 4.79 Å². The Morgan fingerprint density at radius 1 is 1.25 bits per heavy atom. The first-order valence-electron chi connectivity index (χ1n) is 5.00. The number of aliphatic hydroxyl groups is 2. The third-order valence-corrected chi connectivity index (χ3v) is 2.34. The van der Waals surface area contributed by atoms with E-state index in [-0.39, 0.29) is 0 Å². The van der Waals surface area contributed by atoms with Crippen molar-refractivity contribution in [2.45, 2.75) is 18.6 Å². The second kappa shape index (κ2) is 5.60. The van der Waals surface area contributed by atoms with Gasteiger partial charge < -0.3 is 21.7 Å². The van der Waals surface area contributed by atoms with Crippen LogP contribution in [-0.4, -0.2) is 28.8 Å². The number of amides is 1. The molecular formula is C11H16N2O3. The van der Waals surface area contributed by atoms with Gasteiger partial charge in [0.2, 0.25) is 5.91 Å². The maximum atomic E-state index is 10.7. The summed E-state index contributed by atoms with van der Waals surface area (Å²) in [5.74, 6) is -0.946. The number of aliphatic hydroxyl groups excluding tert-OH is 2. The van der Waals surface area contributed by atoms with E-state index < -0.39 is 18.1 Å². The molecule has 2 unspecified atom stereocenters. The monoisotopic (exact) mass is 224 g/mol. The van der Waals surface area contributed by atoms with Crippen LogP contribution < -0.4 is 11.5 Å². The molecule has 0 bridgehead atoms. The summed E-state index contributed by atoms with van der Waals surface area (Å²) in [6.07, 6.45) is -2.13. The molecule has 0 heterocycles. The number of hydrogen-bond acceptors (Lipinski definition) is 4. The van der Waals surface area contributed by atoms with Crippen LogP contribution >= 0.6 is 0 Å². The van der Waals surface area contributed by atoms with Crippen LogP contribution in [0.2, 0.25) is 0 Å². The summed E-state index contributed by atoms with van der Waals surface area (Å²) in [5, 5.41) is 18.9. The lowest BCUT2D eigenvalue weighted by atomic mass is 10.0. The summed E-state index contributed by atoms with van der Waals surface area (Å²) in [7, 11) is 0. The SMILES string of the molecule is NCCc1ccc(C(O)C(O)C(N)=O)cc1. The molecule has 5 nitrogen and oxygen atoms in total. The fourth-order valence-electron chi connectivity index (χ4n) is 1.39. The van der Waals surface area contributed by atoms with Crippen LogP contribution in [-0.2, 0) is 11.2 Å². The lowest BCUT2D eigenvalue weighted by molar-refractivity contribution is -0.131. The molecule has 0 fully saturated rings. The first-order valence-corrected chi connectivity index (χ1v) is 5.00. The van der Waals surface area contributed by atoms with E-state index in [1.807, 2.05) is 0 Å². The average Bonchev–Trinajstić information content (AvgIpc) is 2.28. The normalized spacial score (nSPS) is 14.4. The Morgan fingerprint density at radius 2 is 1.81 bits per heavy atom. The van der Waals surface area contributed by atoms with E-state index in [1.165, 1.54) is 0 Å². The van der Waals surface area contributed by atoms with Gasteiger partial charge in [0.1, 0.15) is 6.10 Å². The van der Waals surface area contributed by atoms with Gasteiger partial charge in [0, 0.05) is 0 Å². The summed E-state index contributed by atoms with van der Waals surface area (Å²) >= 11 is 0.